The summed E-state index contributed by atoms with van der Waals surface area (Å²) in [5, 5.41) is 7.25. The Bertz CT molecular complexity index is 728. The second-order valence-corrected chi connectivity index (χ2v) is 7.63. The van der Waals surface area contributed by atoms with Gasteiger partial charge in [0.25, 0.3) is 5.91 Å². The smallest absolute Gasteiger partial charge is 0.303 e. The molecule has 1 aromatic carbocycles. The topological polar surface area (TPSA) is 109 Å². The van der Waals surface area contributed by atoms with Crippen molar-refractivity contribution in [2.24, 2.45) is 0 Å². The second-order valence-electron chi connectivity index (χ2n) is 5.47. The molecular formula is C15H17NO6S. The van der Waals surface area contributed by atoms with Crippen LogP contribution in [0.3, 0.4) is 0 Å². The van der Waals surface area contributed by atoms with Crippen LogP contribution in [0.15, 0.2) is 30.3 Å². The quantitative estimate of drug-likeness (QED) is 0.752. The van der Waals surface area contributed by atoms with Crippen LogP contribution in [-0.4, -0.2) is 54.1 Å². The number of nitrogens with zero attached hydrogens (tertiary/aromatic N) is 1. The number of carbonyl (C=O) groups is 3. The summed E-state index contributed by atoms with van der Waals surface area (Å²) in [5.74, 6) is -2.85. The number of carbonyl (C=O) groups excluding carboxylic acids is 2. The van der Waals surface area contributed by atoms with E-state index in [9.17, 15) is 22.8 Å². The summed E-state index contributed by atoms with van der Waals surface area (Å²) >= 11 is 0. The minimum Gasteiger partial charge on any atom is -0.481 e. The van der Waals surface area contributed by atoms with Crippen molar-refractivity contribution in [3.63, 3.8) is 0 Å². The molecule has 1 fully saturated rings. The number of likely N-dealkylation sites (tertiary alicyclic amines) is 1. The molecule has 1 heterocycles. The summed E-state index contributed by atoms with van der Waals surface area (Å²) in [6.45, 7) is 0.0163. The van der Waals surface area contributed by atoms with Crippen LogP contribution in [0, 0.1) is 0 Å². The summed E-state index contributed by atoms with van der Waals surface area (Å²) in [6, 6.07) is 7.51. The van der Waals surface area contributed by atoms with E-state index < -0.39 is 38.8 Å². The van der Waals surface area contributed by atoms with Crippen molar-refractivity contribution in [1.82, 2.24) is 4.90 Å². The highest BCUT2D eigenvalue weighted by atomic mass is 32.2. The van der Waals surface area contributed by atoms with Crippen molar-refractivity contribution in [2.75, 3.05) is 12.8 Å². The maximum Gasteiger partial charge on any atom is 0.303 e. The third-order valence-electron chi connectivity index (χ3n) is 3.74. The molecule has 2 unspecified atom stereocenters. The Kier molecular flexibility index (Phi) is 4.84. The van der Waals surface area contributed by atoms with E-state index in [1.54, 1.807) is 30.3 Å². The highest BCUT2D eigenvalue weighted by molar-refractivity contribution is 7.92. The highest BCUT2D eigenvalue weighted by Gasteiger charge is 2.52. The van der Waals surface area contributed by atoms with Crippen LogP contribution in [-0.2, 0) is 24.2 Å². The molecule has 1 aliphatic rings. The lowest BCUT2D eigenvalue weighted by Gasteiger charge is -2.26. The predicted molar refractivity (Wildman–Crippen MR) is 81.4 cm³/mol. The van der Waals surface area contributed by atoms with Gasteiger partial charge >= 0.3 is 5.97 Å². The molecule has 8 heteroatoms. The number of ketones is 1. The first-order valence-electron chi connectivity index (χ1n) is 7.04. The monoisotopic (exact) mass is 339 g/mol. The number of sulfone groups is 1. The van der Waals surface area contributed by atoms with Crippen LogP contribution < -0.4 is 0 Å². The third kappa shape index (κ3) is 3.58. The average molecular weight is 339 g/mol. The number of aliphatic carboxylic acids is 1. The fourth-order valence-electron chi connectivity index (χ4n) is 2.77. The van der Waals surface area contributed by atoms with Crippen LogP contribution in [0.1, 0.15) is 24.4 Å². The Labute approximate surface area is 133 Å². The molecule has 1 saturated heterocycles. The zero-order valence-corrected chi connectivity index (χ0v) is 13.3. The van der Waals surface area contributed by atoms with Crippen molar-refractivity contribution < 1.29 is 27.9 Å². The first kappa shape index (κ1) is 17.1. The Morgan fingerprint density at radius 2 is 1.83 bits per heavy atom. The van der Waals surface area contributed by atoms with Gasteiger partial charge in [0.15, 0.2) is 15.1 Å². The molecule has 2 atom stereocenters. The van der Waals surface area contributed by atoms with Gasteiger partial charge in [-0.1, -0.05) is 30.3 Å². The number of hydrogen-bond acceptors (Lipinski definition) is 5. The minimum absolute atomic E-state index is 0.0163. The Morgan fingerprint density at radius 1 is 1.22 bits per heavy atom. The lowest BCUT2D eigenvalue weighted by atomic mass is 10.0. The van der Waals surface area contributed by atoms with Gasteiger partial charge in [-0.2, -0.15) is 0 Å². The molecular weight excluding hydrogens is 322 g/mol. The highest BCUT2D eigenvalue weighted by Crippen LogP contribution is 2.35. The zero-order chi connectivity index (χ0) is 17.2. The lowest BCUT2D eigenvalue weighted by molar-refractivity contribution is -0.141. The van der Waals surface area contributed by atoms with Crippen molar-refractivity contribution in [3.05, 3.63) is 35.9 Å². The van der Waals surface area contributed by atoms with Gasteiger partial charge < -0.3 is 10.0 Å². The molecule has 0 spiro atoms. The second kappa shape index (κ2) is 6.49. The number of hydrogen-bond donors (Lipinski definition) is 1. The van der Waals surface area contributed by atoms with Crippen molar-refractivity contribution >= 4 is 27.5 Å². The van der Waals surface area contributed by atoms with E-state index in [0.717, 1.165) is 6.26 Å². The molecule has 0 aromatic heterocycles. The molecule has 23 heavy (non-hydrogen) atoms. The van der Waals surface area contributed by atoms with E-state index in [2.05, 4.69) is 0 Å². The van der Waals surface area contributed by atoms with Crippen molar-refractivity contribution in [1.29, 1.82) is 0 Å². The minimum atomic E-state index is -3.78. The maximum atomic E-state index is 12.2. The third-order valence-corrected chi connectivity index (χ3v) is 5.14. The van der Waals surface area contributed by atoms with E-state index in [0.29, 0.717) is 5.56 Å². The Balaban J connectivity index is 2.40. The standard InChI is InChI=1S/C15H17NO6S/c1-23(21,22)14-12(10-6-3-2-4-7-10)16(15(20)13(14)19)9-5-8-11(17)18/h2-4,6-7,12,14H,5,8-9H2,1H3,(H,17,18). The Hall–Kier alpha value is -2.22. The van der Waals surface area contributed by atoms with E-state index in [1.165, 1.54) is 4.90 Å². The lowest BCUT2D eigenvalue weighted by Crippen LogP contribution is -2.33. The van der Waals surface area contributed by atoms with Crippen LogP contribution >= 0.6 is 0 Å². The molecule has 124 valence electrons. The molecule has 0 saturated carbocycles. The van der Waals surface area contributed by atoms with Crippen molar-refractivity contribution in [2.45, 2.75) is 24.1 Å². The number of benzene rings is 1. The molecule has 1 N–H and O–H groups in total. The number of carboxylic acids is 1. The SMILES string of the molecule is CS(=O)(=O)C1C(=O)C(=O)N(CCCC(=O)O)C1c1ccccc1. The first-order valence-corrected chi connectivity index (χ1v) is 8.99. The average Bonchev–Trinajstić information content (AvgIpc) is 2.72. The fourth-order valence-corrected chi connectivity index (χ4v) is 4.03. The zero-order valence-electron chi connectivity index (χ0n) is 12.5. The first-order chi connectivity index (χ1) is 10.7. The molecule has 1 aromatic rings. The summed E-state index contributed by atoms with van der Waals surface area (Å²) in [7, 11) is -3.78. The van der Waals surface area contributed by atoms with Gasteiger partial charge in [0, 0.05) is 19.2 Å². The fraction of sp³-hybridized carbons (Fsp3) is 0.400. The van der Waals surface area contributed by atoms with Gasteiger partial charge in [-0.15, -0.1) is 0 Å². The maximum absolute atomic E-state index is 12.2. The van der Waals surface area contributed by atoms with Crippen LogP contribution in [0.2, 0.25) is 0 Å². The molecule has 2 rings (SSSR count). The summed E-state index contributed by atoms with van der Waals surface area (Å²) < 4.78 is 24.0. The van der Waals surface area contributed by atoms with Gasteiger partial charge in [0.2, 0.25) is 5.78 Å². The summed E-state index contributed by atoms with van der Waals surface area (Å²) in [4.78, 5) is 36.1. The molecule has 1 amide bonds. The molecule has 1 aliphatic heterocycles. The number of carboxylic acid groups (broad SMARTS) is 1. The van der Waals surface area contributed by atoms with E-state index >= 15 is 0 Å². The largest absolute Gasteiger partial charge is 0.481 e. The van der Waals surface area contributed by atoms with Crippen LogP contribution in [0.5, 0.6) is 0 Å². The molecule has 7 nitrogen and oxygen atoms in total. The number of rotatable bonds is 6. The van der Waals surface area contributed by atoms with Gasteiger partial charge in [0.1, 0.15) is 0 Å². The van der Waals surface area contributed by atoms with Crippen LogP contribution in [0.4, 0.5) is 0 Å². The van der Waals surface area contributed by atoms with Gasteiger partial charge in [-0.05, 0) is 12.0 Å². The summed E-state index contributed by atoms with van der Waals surface area (Å²) in [5.41, 5.74) is 0.539. The van der Waals surface area contributed by atoms with E-state index in [-0.39, 0.29) is 19.4 Å². The normalized spacial score (nSPS) is 21.7. The van der Waals surface area contributed by atoms with E-state index in [4.69, 9.17) is 5.11 Å². The summed E-state index contributed by atoms with van der Waals surface area (Å²) in [6.07, 6.45) is 0.913. The van der Waals surface area contributed by atoms with Gasteiger partial charge in [-0.3, -0.25) is 14.4 Å². The number of amides is 1. The predicted octanol–water partition coefficient (Wildman–Crippen LogP) is 0.417. The van der Waals surface area contributed by atoms with E-state index in [1.807, 2.05) is 0 Å². The molecule has 0 bridgehead atoms. The Morgan fingerprint density at radius 3 is 2.35 bits per heavy atom. The van der Waals surface area contributed by atoms with Crippen LogP contribution in [0.25, 0.3) is 0 Å². The van der Waals surface area contributed by atoms with Gasteiger partial charge in [-0.25, -0.2) is 8.42 Å². The molecule has 0 aliphatic carbocycles. The molecule has 0 radical (unpaired) electrons. The number of Topliss-reactive ketones (excluding diaryl/α,β-unsaturated/α-hetero) is 1. The van der Waals surface area contributed by atoms with Crippen molar-refractivity contribution in [3.8, 4) is 0 Å². The van der Waals surface area contributed by atoms with Gasteiger partial charge in [0.05, 0.1) is 6.04 Å².